The Hall–Kier alpha value is -3.12. The summed E-state index contributed by atoms with van der Waals surface area (Å²) in [7, 11) is 0. The van der Waals surface area contributed by atoms with Crippen LogP contribution in [0.25, 0.3) is 10.8 Å². The van der Waals surface area contributed by atoms with Gasteiger partial charge in [0.2, 0.25) is 5.91 Å². The van der Waals surface area contributed by atoms with Crippen LogP contribution in [-0.4, -0.2) is 35.7 Å². The van der Waals surface area contributed by atoms with Gasteiger partial charge >= 0.3 is 0 Å². The van der Waals surface area contributed by atoms with Crippen LogP contribution in [0.15, 0.2) is 60.7 Å². The molecule has 3 aromatic carbocycles. The lowest BCUT2D eigenvalue weighted by molar-refractivity contribution is -0.128. The summed E-state index contributed by atoms with van der Waals surface area (Å²) in [6.45, 7) is 4.65. The lowest BCUT2D eigenvalue weighted by Crippen LogP contribution is -2.51. The van der Waals surface area contributed by atoms with Crippen LogP contribution in [0.5, 0.6) is 0 Å². The standard InChI is InChI=1S/C30H30F2N2O2/c1-3-21(35)18-29(2)23-11-4-5-13-25(23)34(28(29)36)20-14-16-33(17-15-20)27-22-10-6-8-19-9-7-12-24(26(19)22)30(27,31)32/h4-13,20,27H,3,14-18H2,1-2H3/t27-,29+/m0/s1. The van der Waals surface area contributed by atoms with Gasteiger partial charge in [-0.25, -0.2) is 0 Å². The molecule has 0 bridgehead atoms. The first-order valence-electron chi connectivity index (χ1n) is 12.9. The average molecular weight is 489 g/mol. The second kappa shape index (κ2) is 8.20. The number of para-hydroxylation sites is 1. The molecule has 0 radical (unpaired) electrons. The van der Waals surface area contributed by atoms with E-state index in [1.54, 1.807) is 12.1 Å². The van der Waals surface area contributed by atoms with Gasteiger partial charge in [-0.1, -0.05) is 61.5 Å². The van der Waals surface area contributed by atoms with E-state index in [1.165, 1.54) is 0 Å². The number of rotatable bonds is 5. The van der Waals surface area contributed by atoms with Crippen LogP contribution in [0.2, 0.25) is 0 Å². The first-order valence-corrected chi connectivity index (χ1v) is 12.9. The van der Waals surface area contributed by atoms with E-state index in [9.17, 15) is 9.59 Å². The van der Waals surface area contributed by atoms with Gasteiger partial charge < -0.3 is 4.90 Å². The van der Waals surface area contributed by atoms with Crippen molar-refractivity contribution in [2.24, 2.45) is 0 Å². The van der Waals surface area contributed by atoms with Crippen molar-refractivity contribution in [1.82, 2.24) is 4.90 Å². The number of benzene rings is 3. The smallest absolute Gasteiger partial charge is 0.293 e. The lowest BCUT2D eigenvalue weighted by Gasteiger charge is -2.41. The molecule has 0 unspecified atom stereocenters. The summed E-state index contributed by atoms with van der Waals surface area (Å²) in [5, 5.41) is 1.53. The topological polar surface area (TPSA) is 40.6 Å². The molecule has 1 fully saturated rings. The van der Waals surface area contributed by atoms with E-state index < -0.39 is 17.4 Å². The molecule has 186 valence electrons. The number of piperidine rings is 1. The highest BCUT2D eigenvalue weighted by atomic mass is 19.3. The van der Waals surface area contributed by atoms with Crippen molar-refractivity contribution in [2.45, 2.75) is 63.0 Å². The third-order valence-electron chi connectivity index (χ3n) is 8.56. The number of fused-ring (bicyclic) bond motifs is 1. The number of carbonyl (C=O) groups is 2. The fourth-order valence-electron chi connectivity index (χ4n) is 6.74. The van der Waals surface area contributed by atoms with E-state index in [0.29, 0.717) is 43.3 Å². The molecule has 4 nitrogen and oxygen atoms in total. The van der Waals surface area contributed by atoms with Gasteiger partial charge in [0.15, 0.2) is 0 Å². The van der Waals surface area contributed by atoms with Crippen molar-refractivity contribution < 1.29 is 18.4 Å². The van der Waals surface area contributed by atoms with E-state index in [-0.39, 0.29) is 29.7 Å². The third-order valence-corrected chi connectivity index (χ3v) is 8.56. The van der Waals surface area contributed by atoms with Crippen molar-refractivity contribution in [3.8, 4) is 0 Å². The molecule has 2 atom stereocenters. The summed E-state index contributed by atoms with van der Waals surface area (Å²) in [5.41, 5.74) is 1.68. The predicted molar refractivity (Wildman–Crippen MR) is 136 cm³/mol. The van der Waals surface area contributed by atoms with E-state index in [0.717, 1.165) is 16.6 Å². The van der Waals surface area contributed by atoms with Crippen molar-refractivity contribution >= 4 is 28.2 Å². The third kappa shape index (κ3) is 3.20. The molecule has 2 heterocycles. The molecule has 0 aromatic heterocycles. The van der Waals surface area contributed by atoms with Gasteiger partial charge in [0.1, 0.15) is 11.8 Å². The van der Waals surface area contributed by atoms with Gasteiger partial charge in [-0.2, -0.15) is 8.78 Å². The van der Waals surface area contributed by atoms with E-state index >= 15 is 8.78 Å². The highest BCUT2D eigenvalue weighted by Crippen LogP contribution is 2.55. The molecule has 6 rings (SSSR count). The van der Waals surface area contributed by atoms with Crippen molar-refractivity contribution in [2.75, 3.05) is 18.0 Å². The quantitative estimate of drug-likeness (QED) is 0.434. The Balaban J connectivity index is 1.27. The van der Waals surface area contributed by atoms with Crippen LogP contribution >= 0.6 is 0 Å². The summed E-state index contributed by atoms with van der Waals surface area (Å²) >= 11 is 0. The first-order chi connectivity index (χ1) is 17.3. The molecule has 1 amide bonds. The van der Waals surface area contributed by atoms with Crippen LogP contribution in [0.4, 0.5) is 14.5 Å². The largest absolute Gasteiger partial charge is 0.308 e. The fourth-order valence-corrected chi connectivity index (χ4v) is 6.74. The van der Waals surface area contributed by atoms with Crippen LogP contribution < -0.4 is 4.90 Å². The molecule has 36 heavy (non-hydrogen) atoms. The molecule has 6 heteroatoms. The van der Waals surface area contributed by atoms with Crippen LogP contribution in [0.3, 0.4) is 0 Å². The molecule has 0 saturated carbocycles. The maximum absolute atomic E-state index is 15.7. The van der Waals surface area contributed by atoms with Gasteiger partial charge in [-0.3, -0.25) is 14.5 Å². The minimum Gasteiger partial charge on any atom is -0.308 e. The number of halogens is 2. The number of carbonyl (C=O) groups excluding carboxylic acids is 2. The predicted octanol–water partition coefficient (Wildman–Crippen LogP) is 6.12. The number of hydrogen-bond acceptors (Lipinski definition) is 3. The summed E-state index contributed by atoms with van der Waals surface area (Å²) in [6, 6.07) is 17.4. The minimum absolute atomic E-state index is 0.0488. The Morgan fingerprint density at radius 2 is 1.64 bits per heavy atom. The molecular weight excluding hydrogens is 458 g/mol. The van der Waals surface area contributed by atoms with Crippen molar-refractivity contribution in [3.05, 3.63) is 77.4 Å². The zero-order valence-corrected chi connectivity index (χ0v) is 20.6. The number of hydrogen-bond donors (Lipinski definition) is 0. The van der Waals surface area contributed by atoms with Gasteiger partial charge in [0.05, 0.1) is 5.41 Å². The molecule has 0 spiro atoms. The number of anilines is 1. The fraction of sp³-hybridized carbons (Fsp3) is 0.400. The summed E-state index contributed by atoms with van der Waals surface area (Å²) in [5.74, 6) is -2.95. The molecular formula is C30H30F2N2O2. The van der Waals surface area contributed by atoms with Crippen molar-refractivity contribution in [3.63, 3.8) is 0 Å². The maximum atomic E-state index is 15.7. The van der Waals surface area contributed by atoms with Gasteiger partial charge in [-0.15, -0.1) is 0 Å². The zero-order valence-electron chi connectivity index (χ0n) is 20.6. The van der Waals surface area contributed by atoms with Gasteiger partial charge in [0, 0.05) is 43.2 Å². The number of Topliss-reactive ketones (excluding diaryl/α,β-unsaturated/α-hetero) is 1. The summed E-state index contributed by atoms with van der Waals surface area (Å²) in [6.07, 6.45) is 1.80. The number of alkyl halides is 2. The van der Waals surface area contributed by atoms with E-state index in [4.69, 9.17) is 0 Å². The van der Waals surface area contributed by atoms with Crippen LogP contribution in [0.1, 0.15) is 62.3 Å². The number of amides is 1. The van der Waals surface area contributed by atoms with E-state index in [1.807, 2.05) is 72.2 Å². The van der Waals surface area contributed by atoms with E-state index in [2.05, 4.69) is 0 Å². The van der Waals surface area contributed by atoms with Gasteiger partial charge in [0.25, 0.3) is 5.92 Å². The van der Waals surface area contributed by atoms with Crippen LogP contribution in [-0.2, 0) is 20.9 Å². The minimum atomic E-state index is -2.97. The Morgan fingerprint density at radius 3 is 2.36 bits per heavy atom. The van der Waals surface area contributed by atoms with Crippen LogP contribution in [0, 0.1) is 0 Å². The normalized spacial score (nSPS) is 25.5. The van der Waals surface area contributed by atoms with Gasteiger partial charge in [-0.05, 0) is 47.7 Å². The Morgan fingerprint density at radius 1 is 0.972 bits per heavy atom. The molecule has 3 aromatic rings. The second-order valence-electron chi connectivity index (χ2n) is 10.6. The first kappa shape index (κ1) is 23.3. The van der Waals surface area contributed by atoms with Crippen molar-refractivity contribution in [1.29, 1.82) is 0 Å². The maximum Gasteiger partial charge on any atom is 0.293 e. The second-order valence-corrected chi connectivity index (χ2v) is 10.6. The molecule has 2 aliphatic heterocycles. The molecule has 1 saturated heterocycles. The highest BCUT2D eigenvalue weighted by Gasteiger charge is 2.54. The Kier molecular flexibility index (Phi) is 5.31. The Bertz CT molecular complexity index is 1370. The SMILES string of the molecule is CCC(=O)C[C@@]1(C)C(=O)N(C2CCN([C@H]3c4cccc5cccc(c45)C3(F)F)CC2)c2ccccc21. The summed E-state index contributed by atoms with van der Waals surface area (Å²) < 4.78 is 31.5. The Labute approximate surface area is 209 Å². The molecule has 0 N–H and O–H groups in total. The summed E-state index contributed by atoms with van der Waals surface area (Å²) in [4.78, 5) is 29.9. The highest BCUT2D eigenvalue weighted by molar-refractivity contribution is 6.10. The average Bonchev–Trinajstić information content (AvgIpc) is 3.25. The lowest BCUT2D eigenvalue weighted by atomic mass is 9.79. The molecule has 1 aliphatic carbocycles. The molecule has 3 aliphatic rings. The number of ketones is 1. The number of likely N-dealkylation sites (tertiary alicyclic amines) is 1. The number of nitrogens with zero attached hydrogens (tertiary/aromatic N) is 2. The monoisotopic (exact) mass is 488 g/mol. The zero-order chi connectivity index (χ0) is 25.2.